The van der Waals surface area contributed by atoms with Crippen molar-refractivity contribution in [1.29, 1.82) is 0 Å². The van der Waals surface area contributed by atoms with Crippen LogP contribution in [0.15, 0.2) is 0 Å². The van der Waals surface area contributed by atoms with Crippen molar-refractivity contribution in [3.8, 4) is 0 Å². The molecule has 0 amide bonds. The maximum absolute atomic E-state index is 14.0. The fourth-order valence-corrected chi connectivity index (χ4v) is 11.0. The number of alkyl halides is 2. The maximum atomic E-state index is 14.0. The number of hydrogen-bond acceptors (Lipinski definition) is 1. The van der Waals surface area contributed by atoms with Crippen LogP contribution in [-0.2, 0) is 4.79 Å². The molecule has 5 saturated carbocycles. The summed E-state index contributed by atoms with van der Waals surface area (Å²) in [6.45, 7) is 4.66. The summed E-state index contributed by atoms with van der Waals surface area (Å²) in [6.07, 6.45) is 25.4. The Morgan fingerprint density at radius 2 is 1.03 bits per heavy atom. The van der Waals surface area contributed by atoms with E-state index in [1.807, 2.05) is 0 Å². The molecule has 0 saturated heterocycles. The largest absolute Gasteiger partial charge is 0.298 e. The monoisotopic (exact) mass is 522 g/mol. The van der Waals surface area contributed by atoms with E-state index in [9.17, 15) is 4.79 Å². The van der Waals surface area contributed by atoms with E-state index in [2.05, 4.69) is 13.8 Å². The molecule has 3 heteroatoms. The molecule has 0 aromatic heterocycles. The molecule has 0 aliphatic heterocycles. The summed E-state index contributed by atoms with van der Waals surface area (Å²) in [7, 11) is 0. The van der Waals surface area contributed by atoms with Gasteiger partial charge in [-0.1, -0.05) is 88.4 Å². The average Bonchev–Trinajstić information content (AvgIpc) is 2.91. The number of carbonyl (C=O) groups is 1. The molecule has 0 unspecified atom stereocenters. The van der Waals surface area contributed by atoms with Crippen molar-refractivity contribution in [3.05, 3.63) is 0 Å². The molecule has 2 spiro atoms. The third kappa shape index (κ3) is 4.57. The SMILES string of the molecule is CCCCC1CCC(C2CCC3(CC2)C(=O)C2(CCC(C4CCC(CC)CC4)CC2)C3(Cl)Cl)CC1. The van der Waals surface area contributed by atoms with Crippen LogP contribution in [0.25, 0.3) is 0 Å². The minimum Gasteiger partial charge on any atom is -0.298 e. The van der Waals surface area contributed by atoms with Gasteiger partial charge in [0, 0.05) is 0 Å². The molecule has 5 aliphatic carbocycles. The van der Waals surface area contributed by atoms with Crippen LogP contribution in [0, 0.1) is 46.3 Å². The summed E-state index contributed by atoms with van der Waals surface area (Å²) in [4.78, 5) is 14.0. The van der Waals surface area contributed by atoms with Crippen LogP contribution in [0.4, 0.5) is 0 Å². The number of unbranched alkanes of at least 4 members (excludes halogenated alkanes) is 1. The first-order valence-electron chi connectivity index (χ1n) is 15.8. The molecule has 0 aromatic rings. The molecule has 35 heavy (non-hydrogen) atoms. The van der Waals surface area contributed by atoms with E-state index in [1.54, 1.807) is 0 Å². The van der Waals surface area contributed by atoms with E-state index in [4.69, 9.17) is 23.2 Å². The van der Waals surface area contributed by atoms with Crippen LogP contribution in [0.1, 0.15) is 142 Å². The van der Waals surface area contributed by atoms with E-state index in [1.165, 1.54) is 103 Å². The lowest BCUT2D eigenvalue weighted by atomic mass is 9.41. The van der Waals surface area contributed by atoms with Gasteiger partial charge in [-0.2, -0.15) is 0 Å². The van der Waals surface area contributed by atoms with Gasteiger partial charge in [-0.05, 0) is 113 Å². The van der Waals surface area contributed by atoms with Gasteiger partial charge in [-0.3, -0.25) is 4.79 Å². The highest BCUT2D eigenvalue weighted by Gasteiger charge is 2.79. The fourth-order valence-electron chi connectivity index (χ4n) is 9.94. The van der Waals surface area contributed by atoms with Gasteiger partial charge in [0.2, 0.25) is 0 Å². The molecule has 200 valence electrons. The van der Waals surface area contributed by atoms with Crippen LogP contribution in [0.2, 0.25) is 0 Å². The van der Waals surface area contributed by atoms with E-state index >= 15 is 0 Å². The van der Waals surface area contributed by atoms with E-state index in [0.29, 0.717) is 5.78 Å². The first-order valence-corrected chi connectivity index (χ1v) is 16.5. The van der Waals surface area contributed by atoms with Crippen LogP contribution < -0.4 is 0 Å². The van der Waals surface area contributed by atoms with Gasteiger partial charge in [-0.25, -0.2) is 0 Å². The summed E-state index contributed by atoms with van der Waals surface area (Å²) in [6, 6.07) is 0. The zero-order valence-electron chi connectivity index (χ0n) is 22.8. The van der Waals surface area contributed by atoms with Crippen molar-refractivity contribution in [2.24, 2.45) is 46.3 Å². The highest BCUT2D eigenvalue weighted by atomic mass is 35.5. The average molecular weight is 524 g/mol. The van der Waals surface area contributed by atoms with Crippen molar-refractivity contribution in [2.75, 3.05) is 0 Å². The van der Waals surface area contributed by atoms with Crippen LogP contribution >= 0.6 is 23.2 Å². The second kappa shape index (κ2) is 10.8. The molecule has 0 N–H and O–H groups in total. The van der Waals surface area contributed by atoms with E-state index < -0.39 is 15.2 Å². The number of ketones is 1. The standard InChI is InChI=1S/C32H52Cl2O/c1-3-5-6-24-9-13-26(14-10-24)28-17-21-31(22-18-28)29(35)30(32(31,33)34)19-15-27(16-20-30)25-11-7-23(4-2)8-12-25/h23-28H,3-22H2,1-2H3. The Morgan fingerprint density at radius 3 is 1.40 bits per heavy atom. The number of Topliss-reactive ketones (excluding diaryl/α,β-unsaturated/α-hetero) is 1. The van der Waals surface area contributed by atoms with Crippen molar-refractivity contribution < 1.29 is 4.79 Å². The number of carbonyl (C=O) groups excluding carboxylic acids is 1. The maximum Gasteiger partial charge on any atom is 0.151 e. The highest BCUT2D eigenvalue weighted by Crippen LogP contribution is 2.75. The summed E-state index contributed by atoms with van der Waals surface area (Å²) in [5.41, 5.74) is -0.867. The Labute approximate surface area is 226 Å². The topological polar surface area (TPSA) is 17.1 Å². The molecule has 1 nitrogen and oxygen atoms in total. The van der Waals surface area contributed by atoms with Gasteiger partial charge < -0.3 is 0 Å². The molecule has 0 aromatic carbocycles. The van der Waals surface area contributed by atoms with Crippen molar-refractivity contribution >= 4 is 29.0 Å². The Kier molecular flexibility index (Phi) is 8.27. The van der Waals surface area contributed by atoms with Gasteiger partial charge >= 0.3 is 0 Å². The number of halogens is 2. The lowest BCUT2D eigenvalue weighted by Gasteiger charge is -2.67. The lowest BCUT2D eigenvalue weighted by Crippen LogP contribution is -2.74. The first-order chi connectivity index (χ1) is 16.9. The second-order valence-corrected chi connectivity index (χ2v) is 15.2. The Bertz CT molecular complexity index is 712. The first kappa shape index (κ1) is 26.8. The quantitative estimate of drug-likeness (QED) is 0.317. The van der Waals surface area contributed by atoms with Gasteiger partial charge in [0.25, 0.3) is 0 Å². The Morgan fingerprint density at radius 1 is 0.629 bits per heavy atom. The second-order valence-electron chi connectivity index (χ2n) is 13.9. The summed E-state index contributed by atoms with van der Waals surface area (Å²) in [5.74, 6) is 5.78. The summed E-state index contributed by atoms with van der Waals surface area (Å²) < 4.78 is -0.829. The predicted molar refractivity (Wildman–Crippen MR) is 149 cm³/mol. The fraction of sp³-hybridized carbons (Fsp3) is 0.969. The minimum absolute atomic E-state index is 0.433. The van der Waals surface area contributed by atoms with Gasteiger partial charge in [0.15, 0.2) is 5.78 Å². The van der Waals surface area contributed by atoms with Crippen molar-refractivity contribution in [2.45, 2.75) is 147 Å². The summed E-state index contributed by atoms with van der Waals surface area (Å²) in [5, 5.41) is 0. The molecule has 0 heterocycles. The van der Waals surface area contributed by atoms with E-state index in [-0.39, 0.29) is 0 Å². The van der Waals surface area contributed by atoms with E-state index in [0.717, 1.165) is 61.2 Å². The van der Waals surface area contributed by atoms with Crippen LogP contribution in [0.3, 0.4) is 0 Å². The molecule has 5 aliphatic rings. The summed E-state index contributed by atoms with van der Waals surface area (Å²) >= 11 is 14.6. The normalized spacial score (nSPS) is 46.0. The van der Waals surface area contributed by atoms with Gasteiger partial charge in [0.05, 0.1) is 10.8 Å². The lowest BCUT2D eigenvalue weighted by molar-refractivity contribution is -0.173. The minimum atomic E-state index is -0.829. The molecule has 0 bridgehead atoms. The molecular formula is C32H52Cl2O. The zero-order chi connectivity index (χ0) is 24.7. The number of rotatable bonds is 6. The number of hydrogen-bond donors (Lipinski definition) is 0. The molecular weight excluding hydrogens is 471 g/mol. The Hall–Kier alpha value is 0.250. The van der Waals surface area contributed by atoms with Crippen LogP contribution in [0.5, 0.6) is 0 Å². The molecule has 0 radical (unpaired) electrons. The molecule has 5 rings (SSSR count). The Balaban J connectivity index is 1.13. The smallest absolute Gasteiger partial charge is 0.151 e. The van der Waals surface area contributed by atoms with Crippen molar-refractivity contribution in [1.82, 2.24) is 0 Å². The highest BCUT2D eigenvalue weighted by molar-refractivity contribution is 6.55. The molecule has 5 fully saturated rings. The predicted octanol–water partition coefficient (Wildman–Crippen LogP) is 10.3. The zero-order valence-corrected chi connectivity index (χ0v) is 24.3. The van der Waals surface area contributed by atoms with Gasteiger partial charge in [0.1, 0.15) is 4.33 Å². The third-order valence-corrected chi connectivity index (χ3v) is 13.9. The molecule has 0 atom stereocenters. The van der Waals surface area contributed by atoms with Crippen molar-refractivity contribution in [3.63, 3.8) is 0 Å². The van der Waals surface area contributed by atoms with Crippen LogP contribution in [-0.4, -0.2) is 10.1 Å². The third-order valence-electron chi connectivity index (χ3n) is 12.5. The van der Waals surface area contributed by atoms with Gasteiger partial charge in [-0.15, -0.1) is 0 Å².